The van der Waals surface area contributed by atoms with Crippen LogP contribution in [0.1, 0.15) is 56.4 Å². The van der Waals surface area contributed by atoms with E-state index in [0.29, 0.717) is 25.2 Å². The van der Waals surface area contributed by atoms with Gasteiger partial charge in [0.2, 0.25) is 5.91 Å². The molecule has 2 amide bonds. The van der Waals surface area contributed by atoms with Crippen molar-refractivity contribution in [3.63, 3.8) is 0 Å². The van der Waals surface area contributed by atoms with Crippen molar-refractivity contribution in [1.29, 1.82) is 0 Å². The van der Waals surface area contributed by atoms with Crippen LogP contribution in [0.4, 0.5) is 0 Å². The molecule has 0 radical (unpaired) electrons. The summed E-state index contributed by atoms with van der Waals surface area (Å²) < 4.78 is 0. The Morgan fingerprint density at radius 3 is 2.44 bits per heavy atom. The van der Waals surface area contributed by atoms with E-state index in [1.54, 1.807) is 11.1 Å². The zero-order valence-corrected chi connectivity index (χ0v) is 16.8. The minimum absolute atomic E-state index is 0.135. The number of likely N-dealkylation sites (N-methyl/N-ethyl adjacent to an activating group) is 1. The van der Waals surface area contributed by atoms with Crippen molar-refractivity contribution in [3.8, 4) is 0 Å². The Balaban J connectivity index is 1.89. The van der Waals surface area contributed by atoms with Crippen molar-refractivity contribution in [1.82, 2.24) is 24.7 Å². The minimum atomic E-state index is -0.136. The van der Waals surface area contributed by atoms with Gasteiger partial charge in [0, 0.05) is 58.1 Å². The van der Waals surface area contributed by atoms with E-state index in [9.17, 15) is 9.59 Å². The molecule has 0 unspecified atom stereocenters. The summed E-state index contributed by atoms with van der Waals surface area (Å²) in [6, 6.07) is 0. The molecular weight excluding hydrogens is 342 g/mol. The average molecular weight is 376 g/mol. The van der Waals surface area contributed by atoms with Gasteiger partial charge in [0.05, 0.1) is 6.20 Å². The Kier molecular flexibility index (Phi) is 9.18. The number of hydrogen-bond acceptors (Lipinski definition) is 5. The fourth-order valence-electron chi connectivity index (χ4n) is 3.32. The van der Waals surface area contributed by atoms with E-state index in [2.05, 4.69) is 28.7 Å². The molecule has 0 N–H and O–H groups in total. The summed E-state index contributed by atoms with van der Waals surface area (Å²) in [6.07, 6.45) is 9.30. The maximum Gasteiger partial charge on any atom is 0.274 e. The fraction of sp³-hybridized carbons (Fsp3) is 0.700. The van der Waals surface area contributed by atoms with E-state index in [1.165, 1.54) is 12.4 Å². The molecule has 7 heteroatoms. The fourth-order valence-corrected chi connectivity index (χ4v) is 3.32. The van der Waals surface area contributed by atoms with E-state index in [-0.39, 0.29) is 11.8 Å². The van der Waals surface area contributed by atoms with Crippen molar-refractivity contribution in [2.45, 2.75) is 46.0 Å². The number of nitrogens with zero attached hydrogens (tertiary/aromatic N) is 5. The Morgan fingerprint density at radius 2 is 1.81 bits per heavy atom. The van der Waals surface area contributed by atoms with Crippen LogP contribution in [0.15, 0.2) is 18.6 Å². The second-order valence-electron chi connectivity index (χ2n) is 7.01. The van der Waals surface area contributed by atoms with Gasteiger partial charge in [0.25, 0.3) is 5.91 Å². The van der Waals surface area contributed by atoms with Gasteiger partial charge in [-0.2, -0.15) is 0 Å². The lowest BCUT2D eigenvalue weighted by molar-refractivity contribution is -0.133. The van der Waals surface area contributed by atoms with Crippen LogP contribution in [0, 0.1) is 0 Å². The zero-order chi connectivity index (χ0) is 19.5. The number of piperazine rings is 1. The van der Waals surface area contributed by atoms with E-state index < -0.39 is 0 Å². The van der Waals surface area contributed by atoms with E-state index >= 15 is 0 Å². The molecule has 0 aliphatic carbocycles. The lowest BCUT2D eigenvalue weighted by atomic mass is 10.2. The SMILES string of the molecule is CCCCCCN(CCC(=O)N1CCN(CC)CC1)C(=O)c1cnccn1. The van der Waals surface area contributed by atoms with Crippen LogP contribution >= 0.6 is 0 Å². The van der Waals surface area contributed by atoms with Crippen molar-refractivity contribution in [3.05, 3.63) is 24.3 Å². The number of hydrogen-bond donors (Lipinski definition) is 0. The minimum Gasteiger partial charge on any atom is -0.340 e. The number of carbonyl (C=O) groups excluding carboxylic acids is 2. The summed E-state index contributed by atoms with van der Waals surface area (Å²) in [7, 11) is 0. The first-order valence-corrected chi connectivity index (χ1v) is 10.2. The summed E-state index contributed by atoms with van der Waals surface area (Å²) in [6.45, 7) is 9.86. The third-order valence-corrected chi connectivity index (χ3v) is 5.12. The highest BCUT2D eigenvalue weighted by Gasteiger charge is 2.22. The monoisotopic (exact) mass is 375 g/mol. The summed E-state index contributed by atoms with van der Waals surface area (Å²) in [5.74, 6) is -0.000502. The van der Waals surface area contributed by atoms with Gasteiger partial charge in [0.1, 0.15) is 5.69 Å². The lowest BCUT2D eigenvalue weighted by Gasteiger charge is -2.34. The Labute approximate surface area is 162 Å². The van der Waals surface area contributed by atoms with Crippen molar-refractivity contribution in [2.24, 2.45) is 0 Å². The summed E-state index contributed by atoms with van der Waals surface area (Å²) in [5, 5.41) is 0. The maximum absolute atomic E-state index is 12.8. The predicted octanol–water partition coefficient (Wildman–Crippen LogP) is 2.05. The van der Waals surface area contributed by atoms with Gasteiger partial charge in [-0.1, -0.05) is 33.1 Å². The van der Waals surface area contributed by atoms with Crippen molar-refractivity contribution < 1.29 is 9.59 Å². The first-order chi connectivity index (χ1) is 13.2. The third kappa shape index (κ3) is 6.90. The molecule has 1 aliphatic heterocycles. The zero-order valence-electron chi connectivity index (χ0n) is 16.8. The average Bonchev–Trinajstić information content (AvgIpc) is 2.73. The van der Waals surface area contributed by atoms with Gasteiger partial charge in [-0.05, 0) is 13.0 Å². The van der Waals surface area contributed by atoms with E-state index in [1.807, 2.05) is 4.90 Å². The smallest absolute Gasteiger partial charge is 0.274 e. The van der Waals surface area contributed by atoms with Crippen molar-refractivity contribution >= 4 is 11.8 Å². The summed E-state index contributed by atoms with van der Waals surface area (Å²) in [4.78, 5) is 39.5. The number of rotatable bonds is 10. The highest BCUT2D eigenvalue weighted by atomic mass is 16.2. The van der Waals surface area contributed by atoms with Gasteiger partial charge in [0.15, 0.2) is 0 Å². The molecule has 1 aliphatic rings. The van der Waals surface area contributed by atoms with Gasteiger partial charge in [-0.25, -0.2) is 4.98 Å². The molecule has 2 heterocycles. The molecule has 27 heavy (non-hydrogen) atoms. The molecule has 0 spiro atoms. The maximum atomic E-state index is 12.8. The Hall–Kier alpha value is -2.02. The topological polar surface area (TPSA) is 69.6 Å². The molecule has 1 fully saturated rings. The van der Waals surface area contributed by atoms with Gasteiger partial charge >= 0.3 is 0 Å². The van der Waals surface area contributed by atoms with Crippen LogP contribution in [0.3, 0.4) is 0 Å². The number of carbonyl (C=O) groups is 2. The van der Waals surface area contributed by atoms with Crippen LogP contribution in [-0.4, -0.2) is 82.3 Å². The third-order valence-electron chi connectivity index (χ3n) is 5.12. The van der Waals surface area contributed by atoms with Crippen LogP contribution in [0.5, 0.6) is 0 Å². The molecule has 7 nitrogen and oxygen atoms in total. The molecule has 0 saturated carbocycles. The van der Waals surface area contributed by atoms with Crippen molar-refractivity contribution in [2.75, 3.05) is 45.8 Å². The molecule has 0 bridgehead atoms. The largest absolute Gasteiger partial charge is 0.340 e. The molecule has 150 valence electrons. The van der Waals surface area contributed by atoms with Crippen LogP contribution in [0.25, 0.3) is 0 Å². The predicted molar refractivity (Wildman–Crippen MR) is 105 cm³/mol. The molecule has 2 rings (SSSR count). The number of aromatic nitrogens is 2. The van der Waals surface area contributed by atoms with E-state index in [4.69, 9.17) is 0 Å². The normalized spacial score (nSPS) is 15.0. The van der Waals surface area contributed by atoms with Crippen LogP contribution in [0.2, 0.25) is 0 Å². The van der Waals surface area contributed by atoms with Gasteiger partial charge in [-0.15, -0.1) is 0 Å². The number of amides is 2. The first kappa shape index (κ1) is 21.3. The molecule has 0 atom stereocenters. The first-order valence-electron chi connectivity index (χ1n) is 10.2. The lowest BCUT2D eigenvalue weighted by Crippen LogP contribution is -2.49. The highest BCUT2D eigenvalue weighted by molar-refractivity contribution is 5.92. The molecule has 0 aromatic carbocycles. The number of unbranched alkanes of at least 4 members (excludes halogenated alkanes) is 3. The standard InChI is InChI=1S/C20H33N5O2/c1-3-5-6-7-11-25(20(27)18-17-21-9-10-22-18)12-8-19(26)24-15-13-23(4-2)14-16-24/h9-10,17H,3-8,11-16H2,1-2H3. The highest BCUT2D eigenvalue weighted by Crippen LogP contribution is 2.09. The molecular formula is C20H33N5O2. The molecule has 1 saturated heterocycles. The van der Waals surface area contributed by atoms with Crippen LogP contribution < -0.4 is 0 Å². The Bertz CT molecular complexity index is 573. The summed E-state index contributed by atoms with van der Waals surface area (Å²) in [5.41, 5.74) is 0.344. The quantitative estimate of drug-likeness (QED) is 0.586. The molecule has 1 aromatic rings. The van der Waals surface area contributed by atoms with Gasteiger partial charge < -0.3 is 14.7 Å². The van der Waals surface area contributed by atoms with Crippen LogP contribution in [-0.2, 0) is 4.79 Å². The van der Waals surface area contributed by atoms with E-state index in [0.717, 1.165) is 58.4 Å². The summed E-state index contributed by atoms with van der Waals surface area (Å²) >= 11 is 0. The second kappa shape index (κ2) is 11.6. The molecule has 1 aromatic heterocycles. The van der Waals surface area contributed by atoms with Gasteiger partial charge in [-0.3, -0.25) is 14.6 Å². The Morgan fingerprint density at radius 1 is 1.04 bits per heavy atom. The second-order valence-corrected chi connectivity index (χ2v) is 7.01.